The molecule has 0 aliphatic heterocycles. The number of benzene rings is 3. The summed E-state index contributed by atoms with van der Waals surface area (Å²) in [6.07, 6.45) is 3.51. The first-order valence-corrected chi connectivity index (χ1v) is 9.13. The first-order chi connectivity index (χ1) is 14.4. The number of hydrogen-bond donors (Lipinski definition) is 2. The molecule has 3 aromatic rings. The highest BCUT2D eigenvalue weighted by atomic mass is 16.5. The lowest BCUT2D eigenvalue weighted by molar-refractivity contribution is 0.0974. The van der Waals surface area contributed by atoms with Crippen LogP contribution >= 0.6 is 0 Å². The zero-order valence-corrected chi connectivity index (χ0v) is 16.3. The molecule has 1 aliphatic rings. The van der Waals surface area contributed by atoms with Crippen molar-refractivity contribution in [1.29, 1.82) is 0 Å². The van der Waals surface area contributed by atoms with Crippen molar-refractivity contribution in [3.63, 3.8) is 0 Å². The van der Waals surface area contributed by atoms with Gasteiger partial charge in [-0.25, -0.2) is 0 Å². The van der Waals surface area contributed by atoms with Crippen LogP contribution in [0.3, 0.4) is 0 Å². The third kappa shape index (κ3) is 3.08. The Morgan fingerprint density at radius 2 is 1.40 bits per heavy atom. The second-order valence-electron chi connectivity index (χ2n) is 6.77. The van der Waals surface area contributed by atoms with Crippen molar-refractivity contribution < 1.29 is 29.3 Å². The van der Waals surface area contributed by atoms with Crippen LogP contribution in [0, 0.1) is 0 Å². The van der Waals surface area contributed by atoms with Crippen LogP contribution in [-0.2, 0) is 0 Å². The predicted octanol–water partition coefficient (Wildman–Crippen LogP) is 4.06. The molecule has 0 amide bonds. The van der Waals surface area contributed by atoms with Crippen LogP contribution in [0.5, 0.6) is 23.0 Å². The zero-order chi connectivity index (χ0) is 21.4. The maximum Gasteiger partial charge on any atom is 0.201 e. The van der Waals surface area contributed by atoms with Gasteiger partial charge in [-0.05, 0) is 41.5 Å². The molecule has 0 atom stereocenters. The van der Waals surface area contributed by atoms with Crippen molar-refractivity contribution in [2.45, 2.75) is 0 Å². The van der Waals surface area contributed by atoms with Crippen molar-refractivity contribution in [2.24, 2.45) is 0 Å². The minimum absolute atomic E-state index is 0.0843. The van der Waals surface area contributed by atoms with Crippen LogP contribution in [0.2, 0.25) is 0 Å². The van der Waals surface area contributed by atoms with Crippen molar-refractivity contribution in [3.8, 4) is 23.0 Å². The Balaban J connectivity index is 1.74. The molecule has 3 aromatic carbocycles. The molecule has 30 heavy (non-hydrogen) atoms. The van der Waals surface area contributed by atoms with E-state index in [9.17, 15) is 19.8 Å². The van der Waals surface area contributed by atoms with Crippen molar-refractivity contribution in [2.75, 3.05) is 14.2 Å². The molecular formula is C24H18O6. The van der Waals surface area contributed by atoms with Gasteiger partial charge in [0.2, 0.25) is 5.78 Å². The molecule has 0 radical (unpaired) electrons. The maximum atomic E-state index is 12.9. The largest absolute Gasteiger partial charge is 0.507 e. The van der Waals surface area contributed by atoms with Gasteiger partial charge in [-0.15, -0.1) is 0 Å². The Morgan fingerprint density at radius 1 is 0.700 bits per heavy atom. The lowest BCUT2D eigenvalue weighted by atomic mass is 9.82. The van der Waals surface area contributed by atoms with Gasteiger partial charge in [0.1, 0.15) is 11.5 Å². The molecule has 150 valence electrons. The van der Waals surface area contributed by atoms with Crippen molar-refractivity contribution in [1.82, 2.24) is 0 Å². The highest BCUT2D eigenvalue weighted by Gasteiger charge is 2.34. The predicted molar refractivity (Wildman–Crippen MR) is 112 cm³/mol. The maximum absolute atomic E-state index is 12.9. The summed E-state index contributed by atoms with van der Waals surface area (Å²) < 4.78 is 10.5. The minimum atomic E-state index is -0.578. The Labute approximate surface area is 172 Å². The SMILES string of the molecule is COc1ccc(C=Cc2cc(O)c3c(c2)C(=O)c2cccc(O)c2C3=O)cc1OC. The fourth-order valence-corrected chi connectivity index (χ4v) is 3.55. The molecule has 2 N–H and O–H groups in total. The number of rotatable bonds is 4. The van der Waals surface area contributed by atoms with Gasteiger partial charge >= 0.3 is 0 Å². The van der Waals surface area contributed by atoms with E-state index in [1.54, 1.807) is 44.6 Å². The highest BCUT2D eigenvalue weighted by molar-refractivity contribution is 6.30. The van der Waals surface area contributed by atoms with Crippen LogP contribution in [0.15, 0.2) is 48.5 Å². The Morgan fingerprint density at radius 3 is 2.13 bits per heavy atom. The molecule has 0 saturated heterocycles. The minimum Gasteiger partial charge on any atom is -0.507 e. The Kier molecular flexibility index (Phi) is 4.75. The zero-order valence-electron chi connectivity index (χ0n) is 16.3. The molecular weight excluding hydrogens is 384 g/mol. The monoisotopic (exact) mass is 402 g/mol. The summed E-state index contributed by atoms with van der Waals surface area (Å²) in [5.74, 6) is -0.421. The van der Waals surface area contributed by atoms with E-state index in [0.29, 0.717) is 17.1 Å². The molecule has 0 heterocycles. The normalized spacial score (nSPS) is 12.6. The second-order valence-corrected chi connectivity index (χ2v) is 6.77. The van der Waals surface area contributed by atoms with E-state index in [2.05, 4.69) is 0 Å². The fraction of sp³-hybridized carbons (Fsp3) is 0.0833. The first kappa shape index (κ1) is 19.3. The fourth-order valence-electron chi connectivity index (χ4n) is 3.55. The standard InChI is InChI=1S/C24H18O6/c1-29-19-9-8-13(12-20(19)30-2)6-7-14-10-16-22(18(26)11-14)24(28)21-15(23(16)27)4-3-5-17(21)25/h3-12,25-26H,1-2H3. The molecule has 0 fully saturated rings. The molecule has 0 unspecified atom stereocenters. The molecule has 0 aromatic heterocycles. The lowest BCUT2D eigenvalue weighted by Gasteiger charge is -2.19. The van der Waals surface area contributed by atoms with E-state index in [-0.39, 0.29) is 33.8 Å². The number of ether oxygens (including phenoxy) is 2. The number of phenolic OH excluding ortho intramolecular Hbond substituents is 2. The molecule has 4 rings (SSSR count). The van der Waals surface area contributed by atoms with E-state index in [4.69, 9.17) is 9.47 Å². The average molecular weight is 402 g/mol. The molecule has 0 spiro atoms. The number of aromatic hydroxyl groups is 2. The summed E-state index contributed by atoms with van der Waals surface area (Å²) in [6.45, 7) is 0. The summed E-state index contributed by atoms with van der Waals surface area (Å²) in [4.78, 5) is 25.7. The molecule has 0 saturated carbocycles. The molecule has 0 bridgehead atoms. The van der Waals surface area contributed by atoms with Crippen LogP contribution in [0.4, 0.5) is 0 Å². The van der Waals surface area contributed by atoms with Gasteiger partial charge in [-0.3, -0.25) is 9.59 Å². The van der Waals surface area contributed by atoms with Crippen LogP contribution in [-0.4, -0.2) is 36.0 Å². The third-order valence-electron chi connectivity index (χ3n) is 5.00. The summed E-state index contributed by atoms with van der Waals surface area (Å²) in [5, 5.41) is 20.5. The average Bonchev–Trinajstić information content (AvgIpc) is 2.75. The smallest absolute Gasteiger partial charge is 0.201 e. The molecule has 1 aliphatic carbocycles. The molecule has 6 nitrogen and oxygen atoms in total. The second kappa shape index (κ2) is 7.40. The van der Waals surface area contributed by atoms with Gasteiger partial charge in [0.25, 0.3) is 0 Å². The summed E-state index contributed by atoms with van der Waals surface area (Å²) in [6, 6.07) is 12.7. The Hall–Kier alpha value is -4.06. The van der Waals surface area contributed by atoms with Gasteiger partial charge < -0.3 is 19.7 Å². The molecule has 6 heteroatoms. The number of carbonyl (C=O) groups excluding carboxylic acids is 2. The van der Waals surface area contributed by atoms with E-state index in [1.165, 1.54) is 24.3 Å². The summed E-state index contributed by atoms with van der Waals surface area (Å²) in [7, 11) is 3.10. The number of carbonyl (C=O) groups is 2. The van der Waals surface area contributed by atoms with E-state index < -0.39 is 11.6 Å². The number of ketones is 2. The van der Waals surface area contributed by atoms with Crippen LogP contribution in [0.1, 0.15) is 43.0 Å². The van der Waals surface area contributed by atoms with E-state index in [0.717, 1.165) is 5.56 Å². The van der Waals surface area contributed by atoms with Crippen molar-refractivity contribution in [3.05, 3.63) is 81.9 Å². The van der Waals surface area contributed by atoms with Crippen LogP contribution < -0.4 is 9.47 Å². The van der Waals surface area contributed by atoms with E-state index >= 15 is 0 Å². The van der Waals surface area contributed by atoms with Gasteiger partial charge in [0.15, 0.2) is 17.3 Å². The topological polar surface area (TPSA) is 93.1 Å². The van der Waals surface area contributed by atoms with Gasteiger partial charge in [-0.1, -0.05) is 30.4 Å². The lowest BCUT2D eigenvalue weighted by Crippen LogP contribution is -2.21. The highest BCUT2D eigenvalue weighted by Crippen LogP contribution is 2.37. The van der Waals surface area contributed by atoms with Crippen LogP contribution in [0.25, 0.3) is 12.2 Å². The summed E-state index contributed by atoms with van der Waals surface area (Å²) >= 11 is 0. The number of hydrogen-bond acceptors (Lipinski definition) is 6. The first-order valence-electron chi connectivity index (χ1n) is 9.13. The third-order valence-corrected chi connectivity index (χ3v) is 5.00. The summed E-state index contributed by atoms with van der Waals surface area (Å²) in [5.41, 5.74) is 1.41. The Bertz CT molecular complexity index is 1220. The quantitative estimate of drug-likeness (QED) is 0.500. The van der Waals surface area contributed by atoms with Crippen molar-refractivity contribution >= 4 is 23.7 Å². The van der Waals surface area contributed by atoms with Gasteiger partial charge in [-0.2, -0.15) is 0 Å². The number of methoxy groups -OCH3 is 2. The number of phenols is 2. The van der Waals surface area contributed by atoms with Gasteiger partial charge in [0.05, 0.1) is 25.3 Å². The van der Waals surface area contributed by atoms with Gasteiger partial charge in [0, 0.05) is 11.1 Å². The van der Waals surface area contributed by atoms with E-state index in [1.807, 2.05) is 6.07 Å². The number of fused-ring (bicyclic) bond motifs is 2.